The van der Waals surface area contributed by atoms with Gasteiger partial charge in [-0.3, -0.25) is 5.10 Å². The molecule has 0 amide bonds. The van der Waals surface area contributed by atoms with Crippen molar-refractivity contribution in [2.45, 2.75) is 0 Å². The minimum atomic E-state index is 0.685. The lowest BCUT2D eigenvalue weighted by Gasteiger charge is -2.14. The SMILES string of the molecule is c1ccc(Nc2ccccc2-c2cccc3c2c2ccccc2n3-c2cccc(-c3nc(-c4ccccc4)n[nH]3)c2)cc1. The predicted molar refractivity (Wildman–Crippen MR) is 177 cm³/mol. The van der Waals surface area contributed by atoms with E-state index >= 15 is 0 Å². The maximum Gasteiger partial charge on any atom is 0.181 e. The standard InChI is InChI=1S/C38H27N5/c1-3-13-26(14-4-1)37-40-38(42-41-37)27-15-11-18-29(25-27)43-34-23-10-8-20-32(34)36-31(21-12-24-35(36)43)30-19-7-9-22-33(30)39-28-16-5-2-6-17-28/h1-25,39H,(H,40,41,42). The highest BCUT2D eigenvalue weighted by molar-refractivity contribution is 6.16. The van der Waals surface area contributed by atoms with E-state index in [0.29, 0.717) is 5.82 Å². The summed E-state index contributed by atoms with van der Waals surface area (Å²) in [5, 5.41) is 13.7. The summed E-state index contributed by atoms with van der Waals surface area (Å²) in [5.41, 5.74) is 9.79. The number of H-pyrrole nitrogens is 1. The average molecular weight is 554 g/mol. The normalized spacial score (nSPS) is 11.3. The number of nitrogens with zero attached hydrogens (tertiary/aromatic N) is 3. The maximum absolute atomic E-state index is 4.81. The second-order valence-electron chi connectivity index (χ2n) is 10.5. The van der Waals surface area contributed by atoms with Crippen LogP contribution in [0.1, 0.15) is 0 Å². The number of aromatic nitrogens is 4. The highest BCUT2D eigenvalue weighted by atomic mass is 15.2. The molecule has 0 unspecified atom stereocenters. The molecule has 0 aliphatic heterocycles. The number of fused-ring (bicyclic) bond motifs is 3. The summed E-state index contributed by atoms with van der Waals surface area (Å²) in [6, 6.07) is 52.6. The fourth-order valence-corrected chi connectivity index (χ4v) is 5.93. The fraction of sp³-hybridized carbons (Fsp3) is 0. The van der Waals surface area contributed by atoms with Crippen LogP contribution >= 0.6 is 0 Å². The van der Waals surface area contributed by atoms with Gasteiger partial charge in [-0.15, -0.1) is 0 Å². The predicted octanol–water partition coefficient (Wildman–Crippen LogP) is 9.65. The van der Waals surface area contributed by atoms with Crippen molar-refractivity contribution >= 4 is 33.2 Å². The summed E-state index contributed by atoms with van der Waals surface area (Å²) in [7, 11) is 0. The van der Waals surface area contributed by atoms with Crippen LogP contribution in [0.2, 0.25) is 0 Å². The average Bonchev–Trinajstić information content (AvgIpc) is 3.70. The van der Waals surface area contributed by atoms with E-state index in [4.69, 9.17) is 4.98 Å². The van der Waals surface area contributed by atoms with Gasteiger partial charge in [-0.1, -0.05) is 109 Å². The third-order valence-corrected chi connectivity index (χ3v) is 7.86. The molecule has 8 aromatic rings. The Hall–Kier alpha value is -5.94. The topological polar surface area (TPSA) is 58.5 Å². The van der Waals surface area contributed by atoms with Crippen LogP contribution in [-0.2, 0) is 0 Å². The van der Waals surface area contributed by atoms with E-state index in [-0.39, 0.29) is 0 Å². The van der Waals surface area contributed by atoms with Crippen molar-refractivity contribution in [2.24, 2.45) is 0 Å². The molecule has 0 aliphatic rings. The third kappa shape index (κ3) is 4.44. The van der Waals surface area contributed by atoms with Crippen LogP contribution in [0.3, 0.4) is 0 Å². The van der Waals surface area contributed by atoms with Crippen molar-refractivity contribution in [3.05, 3.63) is 152 Å². The molecule has 0 fully saturated rings. The Kier molecular flexibility index (Phi) is 6.05. The first-order valence-electron chi connectivity index (χ1n) is 14.4. The summed E-state index contributed by atoms with van der Waals surface area (Å²) in [4.78, 5) is 4.81. The molecule has 5 heteroatoms. The number of aromatic amines is 1. The molecular formula is C38H27N5. The van der Waals surface area contributed by atoms with Crippen molar-refractivity contribution in [3.8, 4) is 39.6 Å². The van der Waals surface area contributed by atoms with Gasteiger partial charge in [-0.25, -0.2) is 4.98 Å². The number of rotatable bonds is 6. The van der Waals surface area contributed by atoms with Crippen LogP contribution in [0, 0.1) is 0 Å². The van der Waals surface area contributed by atoms with E-state index < -0.39 is 0 Å². The molecule has 0 saturated carbocycles. The van der Waals surface area contributed by atoms with Crippen LogP contribution in [0.25, 0.3) is 61.4 Å². The number of benzene rings is 6. The molecule has 0 atom stereocenters. The summed E-state index contributed by atoms with van der Waals surface area (Å²) < 4.78 is 2.35. The van der Waals surface area contributed by atoms with Gasteiger partial charge in [0, 0.05) is 44.5 Å². The lowest BCUT2D eigenvalue weighted by Crippen LogP contribution is -1.95. The van der Waals surface area contributed by atoms with Crippen LogP contribution in [0.15, 0.2) is 152 Å². The lowest BCUT2D eigenvalue weighted by molar-refractivity contribution is 1.10. The van der Waals surface area contributed by atoms with Gasteiger partial charge in [0.2, 0.25) is 0 Å². The van der Waals surface area contributed by atoms with Crippen molar-refractivity contribution in [1.82, 2.24) is 19.7 Å². The molecule has 204 valence electrons. The molecule has 2 aromatic heterocycles. The summed E-state index contributed by atoms with van der Waals surface area (Å²) in [5.74, 6) is 1.42. The molecule has 6 aromatic carbocycles. The van der Waals surface area contributed by atoms with Gasteiger partial charge in [0.15, 0.2) is 11.6 Å². The van der Waals surface area contributed by atoms with E-state index in [1.165, 1.54) is 16.3 Å². The highest BCUT2D eigenvalue weighted by Crippen LogP contribution is 2.41. The minimum absolute atomic E-state index is 0.685. The molecule has 2 heterocycles. The summed E-state index contributed by atoms with van der Waals surface area (Å²) in [6.07, 6.45) is 0. The molecule has 0 spiro atoms. The number of nitrogens with one attached hydrogen (secondary N) is 2. The first kappa shape index (κ1) is 24.8. The second kappa shape index (κ2) is 10.5. The summed E-state index contributed by atoms with van der Waals surface area (Å²) >= 11 is 0. The van der Waals surface area contributed by atoms with Gasteiger partial charge in [-0.2, -0.15) is 5.10 Å². The van der Waals surface area contributed by atoms with Crippen LogP contribution in [0.5, 0.6) is 0 Å². The Bertz CT molecular complexity index is 2210. The van der Waals surface area contributed by atoms with E-state index in [2.05, 4.69) is 135 Å². The molecule has 0 radical (unpaired) electrons. The zero-order chi connectivity index (χ0) is 28.6. The Balaban J connectivity index is 1.28. The Morgan fingerprint density at radius 2 is 1.23 bits per heavy atom. The molecule has 0 bridgehead atoms. The molecule has 8 rings (SSSR count). The van der Waals surface area contributed by atoms with E-state index in [0.717, 1.165) is 50.6 Å². The van der Waals surface area contributed by atoms with Gasteiger partial charge >= 0.3 is 0 Å². The summed E-state index contributed by atoms with van der Waals surface area (Å²) in [6.45, 7) is 0. The highest BCUT2D eigenvalue weighted by Gasteiger charge is 2.18. The molecule has 0 saturated heterocycles. The van der Waals surface area contributed by atoms with Gasteiger partial charge in [0.25, 0.3) is 0 Å². The second-order valence-corrected chi connectivity index (χ2v) is 10.5. The van der Waals surface area contributed by atoms with Crippen LogP contribution in [0.4, 0.5) is 11.4 Å². The molecule has 0 aliphatic carbocycles. The zero-order valence-corrected chi connectivity index (χ0v) is 23.3. The fourth-order valence-electron chi connectivity index (χ4n) is 5.93. The number of hydrogen-bond donors (Lipinski definition) is 2. The first-order chi connectivity index (χ1) is 21.3. The van der Waals surface area contributed by atoms with Crippen molar-refractivity contribution in [3.63, 3.8) is 0 Å². The van der Waals surface area contributed by atoms with Gasteiger partial charge in [0.1, 0.15) is 0 Å². The zero-order valence-electron chi connectivity index (χ0n) is 23.3. The molecular weight excluding hydrogens is 526 g/mol. The monoisotopic (exact) mass is 553 g/mol. The van der Waals surface area contributed by atoms with E-state index in [1.54, 1.807) is 0 Å². The van der Waals surface area contributed by atoms with Crippen molar-refractivity contribution in [1.29, 1.82) is 0 Å². The van der Waals surface area contributed by atoms with Gasteiger partial charge in [-0.05, 0) is 48.0 Å². The number of anilines is 2. The van der Waals surface area contributed by atoms with Crippen LogP contribution in [-0.4, -0.2) is 19.7 Å². The Morgan fingerprint density at radius 1 is 0.558 bits per heavy atom. The third-order valence-electron chi connectivity index (χ3n) is 7.86. The van der Waals surface area contributed by atoms with Crippen molar-refractivity contribution < 1.29 is 0 Å². The largest absolute Gasteiger partial charge is 0.355 e. The Morgan fingerprint density at radius 3 is 2.12 bits per heavy atom. The number of hydrogen-bond acceptors (Lipinski definition) is 3. The quantitative estimate of drug-likeness (QED) is 0.215. The minimum Gasteiger partial charge on any atom is -0.355 e. The maximum atomic E-state index is 4.81. The van der Waals surface area contributed by atoms with Gasteiger partial charge < -0.3 is 9.88 Å². The molecule has 43 heavy (non-hydrogen) atoms. The van der Waals surface area contributed by atoms with E-state index in [1.807, 2.05) is 36.4 Å². The Labute approximate surface area is 249 Å². The molecule has 5 nitrogen and oxygen atoms in total. The smallest absolute Gasteiger partial charge is 0.181 e. The lowest BCUT2D eigenvalue weighted by atomic mass is 9.98. The van der Waals surface area contributed by atoms with E-state index in [9.17, 15) is 0 Å². The van der Waals surface area contributed by atoms with Crippen molar-refractivity contribution in [2.75, 3.05) is 5.32 Å². The first-order valence-corrected chi connectivity index (χ1v) is 14.4. The van der Waals surface area contributed by atoms with Crippen LogP contribution < -0.4 is 5.32 Å². The molecule has 2 N–H and O–H groups in total. The van der Waals surface area contributed by atoms with Gasteiger partial charge in [0.05, 0.1) is 11.0 Å². The number of para-hydroxylation sites is 3.